The summed E-state index contributed by atoms with van der Waals surface area (Å²) in [6.07, 6.45) is 8.14. The number of rotatable bonds is 8. The Morgan fingerprint density at radius 3 is 2.62 bits per heavy atom. The van der Waals surface area contributed by atoms with Gasteiger partial charge in [0.25, 0.3) is 0 Å². The number of carbonyl (C=O) groups excluding carboxylic acids is 1. The minimum Gasteiger partial charge on any atom is -0.379 e. The Kier molecular flexibility index (Phi) is 8.25. The van der Waals surface area contributed by atoms with Gasteiger partial charge in [0.1, 0.15) is 0 Å². The predicted molar refractivity (Wildman–Crippen MR) is 159 cm³/mol. The maximum absolute atomic E-state index is 13.3. The average Bonchev–Trinajstić information content (AvgIpc) is 3.34. The van der Waals surface area contributed by atoms with Gasteiger partial charge in [0.05, 0.1) is 36.6 Å². The minimum absolute atomic E-state index is 0.0655. The van der Waals surface area contributed by atoms with Crippen molar-refractivity contribution in [2.24, 2.45) is 7.05 Å². The van der Waals surface area contributed by atoms with E-state index in [4.69, 9.17) is 4.74 Å². The number of piperidine rings is 1. The van der Waals surface area contributed by atoms with Crippen LogP contribution in [0.15, 0.2) is 60.0 Å². The van der Waals surface area contributed by atoms with Crippen LogP contribution in [0.2, 0.25) is 0 Å². The highest BCUT2D eigenvalue weighted by atomic mass is 32.2. The van der Waals surface area contributed by atoms with Gasteiger partial charge in [-0.3, -0.25) is 19.4 Å². The molecule has 0 atom stereocenters. The van der Waals surface area contributed by atoms with E-state index < -0.39 is 0 Å². The van der Waals surface area contributed by atoms with E-state index in [1.165, 1.54) is 5.69 Å². The molecule has 2 aliphatic heterocycles. The van der Waals surface area contributed by atoms with E-state index in [2.05, 4.69) is 50.1 Å². The molecule has 0 amide bonds. The van der Waals surface area contributed by atoms with Crippen LogP contribution in [0.5, 0.6) is 0 Å². The molecule has 2 fully saturated rings. The van der Waals surface area contributed by atoms with Gasteiger partial charge in [-0.1, -0.05) is 12.1 Å². The van der Waals surface area contributed by atoms with Crippen molar-refractivity contribution in [1.29, 1.82) is 0 Å². The first-order valence-corrected chi connectivity index (χ1v) is 14.9. The molecular weight excluding hydrogens is 520 g/mol. The van der Waals surface area contributed by atoms with Gasteiger partial charge in [0.15, 0.2) is 5.78 Å². The summed E-state index contributed by atoms with van der Waals surface area (Å²) in [6.45, 7) is 6.48. The van der Waals surface area contributed by atoms with E-state index in [0.29, 0.717) is 10.8 Å². The molecule has 5 heterocycles. The quantitative estimate of drug-likeness (QED) is 0.294. The summed E-state index contributed by atoms with van der Waals surface area (Å²) >= 11 is 1.80. The van der Waals surface area contributed by atoms with Crippen LogP contribution in [0, 0.1) is 0 Å². The van der Waals surface area contributed by atoms with Crippen molar-refractivity contribution >= 4 is 28.3 Å². The molecule has 0 N–H and O–H groups in total. The Bertz CT molecular complexity index is 1490. The Morgan fingerprint density at radius 1 is 0.975 bits per heavy atom. The average molecular weight is 557 g/mol. The standard InChI is InChI=1S/C31H36N6O2S/c1-35-9-6-27(7-10-35)40-31-17-23(5-8-32-31)30(38)18-26-16-25-15-22(3-4-24(25)19-33-26)28-20-34-36(2)29(28)21-37-11-13-39-14-12-37/h3-5,8,15-17,19-20,27H,6-7,9-14,18,21H2,1-2H3. The highest BCUT2D eigenvalue weighted by Crippen LogP contribution is 2.30. The van der Waals surface area contributed by atoms with E-state index in [9.17, 15) is 4.79 Å². The van der Waals surface area contributed by atoms with E-state index in [-0.39, 0.29) is 12.2 Å². The van der Waals surface area contributed by atoms with Crippen LogP contribution < -0.4 is 0 Å². The number of Topliss-reactive ketones (excluding diaryl/α,β-unsaturated/α-hetero) is 1. The Balaban J connectivity index is 1.18. The molecule has 0 aliphatic carbocycles. The predicted octanol–water partition coefficient (Wildman–Crippen LogP) is 4.47. The summed E-state index contributed by atoms with van der Waals surface area (Å²) in [4.78, 5) is 27.2. The molecule has 0 saturated carbocycles. The van der Waals surface area contributed by atoms with Gasteiger partial charge in [-0.2, -0.15) is 5.10 Å². The van der Waals surface area contributed by atoms with E-state index in [0.717, 1.165) is 91.4 Å². The number of carbonyl (C=O) groups is 1. The van der Waals surface area contributed by atoms with Crippen molar-refractivity contribution in [2.75, 3.05) is 46.4 Å². The number of pyridine rings is 2. The van der Waals surface area contributed by atoms with Crippen LogP contribution in [0.25, 0.3) is 21.9 Å². The van der Waals surface area contributed by atoms with Crippen molar-refractivity contribution in [3.05, 3.63) is 71.9 Å². The maximum atomic E-state index is 13.3. The topological polar surface area (TPSA) is 76.4 Å². The lowest BCUT2D eigenvalue weighted by atomic mass is 10.0. The van der Waals surface area contributed by atoms with Gasteiger partial charge < -0.3 is 9.64 Å². The van der Waals surface area contributed by atoms with E-state index in [1.54, 1.807) is 18.0 Å². The second-order valence-corrected chi connectivity index (χ2v) is 12.2. The number of thioether (sulfide) groups is 1. The fraction of sp³-hybridized carbons (Fsp3) is 0.419. The third-order valence-corrected chi connectivity index (χ3v) is 9.25. The van der Waals surface area contributed by atoms with Gasteiger partial charge in [0, 0.05) is 66.5 Å². The molecule has 4 aromatic rings. The second-order valence-electron chi connectivity index (χ2n) is 10.9. The van der Waals surface area contributed by atoms with Crippen LogP contribution >= 0.6 is 11.8 Å². The summed E-state index contributed by atoms with van der Waals surface area (Å²) in [5.41, 5.74) is 4.92. The van der Waals surface area contributed by atoms with E-state index in [1.807, 2.05) is 42.3 Å². The van der Waals surface area contributed by atoms with Crippen molar-refractivity contribution in [3.63, 3.8) is 0 Å². The number of aromatic nitrogens is 4. The Hall–Kier alpha value is -3.11. The molecule has 0 radical (unpaired) electrons. The van der Waals surface area contributed by atoms with Gasteiger partial charge in [-0.25, -0.2) is 4.98 Å². The number of nitrogens with zero attached hydrogens (tertiary/aromatic N) is 6. The van der Waals surface area contributed by atoms with Crippen molar-refractivity contribution < 1.29 is 9.53 Å². The molecule has 8 nitrogen and oxygen atoms in total. The number of ether oxygens (including phenoxy) is 1. The van der Waals surface area contributed by atoms with Gasteiger partial charge in [-0.05, 0) is 68.2 Å². The second kappa shape index (κ2) is 12.2. The molecule has 40 heavy (non-hydrogen) atoms. The molecule has 3 aromatic heterocycles. The van der Waals surface area contributed by atoms with Gasteiger partial charge >= 0.3 is 0 Å². The molecule has 9 heteroatoms. The largest absolute Gasteiger partial charge is 0.379 e. The lowest BCUT2D eigenvalue weighted by molar-refractivity contribution is 0.0332. The number of hydrogen-bond donors (Lipinski definition) is 0. The molecule has 0 unspecified atom stereocenters. The van der Waals surface area contributed by atoms with Crippen LogP contribution in [-0.4, -0.2) is 87.0 Å². The first-order valence-electron chi connectivity index (χ1n) is 14.1. The summed E-state index contributed by atoms with van der Waals surface area (Å²) in [7, 11) is 4.17. The van der Waals surface area contributed by atoms with Crippen LogP contribution in [0.3, 0.4) is 0 Å². The molecular formula is C31H36N6O2S. The Labute approximate surface area is 239 Å². The number of morpholine rings is 1. The number of fused-ring (bicyclic) bond motifs is 1. The maximum Gasteiger partial charge on any atom is 0.168 e. The fourth-order valence-corrected chi connectivity index (χ4v) is 6.61. The van der Waals surface area contributed by atoms with Crippen molar-refractivity contribution in [1.82, 2.24) is 29.5 Å². The first kappa shape index (κ1) is 27.1. The van der Waals surface area contributed by atoms with Crippen LogP contribution in [-0.2, 0) is 24.8 Å². The number of likely N-dealkylation sites (tertiary alicyclic amines) is 1. The highest BCUT2D eigenvalue weighted by Gasteiger charge is 2.20. The zero-order valence-corrected chi connectivity index (χ0v) is 24.1. The molecule has 1 aromatic carbocycles. The molecule has 2 saturated heterocycles. The zero-order valence-electron chi connectivity index (χ0n) is 23.3. The number of benzene rings is 1. The highest BCUT2D eigenvalue weighted by molar-refractivity contribution is 7.99. The lowest BCUT2D eigenvalue weighted by Gasteiger charge is -2.28. The van der Waals surface area contributed by atoms with Gasteiger partial charge in [-0.15, -0.1) is 11.8 Å². The van der Waals surface area contributed by atoms with Crippen LogP contribution in [0.1, 0.15) is 34.6 Å². The number of ketones is 1. The third-order valence-electron chi connectivity index (χ3n) is 7.98. The monoisotopic (exact) mass is 556 g/mol. The molecule has 208 valence electrons. The summed E-state index contributed by atoms with van der Waals surface area (Å²) < 4.78 is 7.49. The Morgan fingerprint density at radius 2 is 1.80 bits per heavy atom. The zero-order chi connectivity index (χ0) is 27.5. The lowest BCUT2D eigenvalue weighted by Crippen LogP contribution is -2.36. The van der Waals surface area contributed by atoms with E-state index >= 15 is 0 Å². The minimum atomic E-state index is 0.0655. The van der Waals surface area contributed by atoms with Crippen molar-refractivity contribution in [2.45, 2.75) is 36.1 Å². The molecule has 2 aliphatic rings. The smallest absolute Gasteiger partial charge is 0.168 e. The molecule has 6 rings (SSSR count). The fourth-order valence-electron chi connectivity index (χ4n) is 5.50. The molecule has 0 bridgehead atoms. The third kappa shape index (κ3) is 6.28. The van der Waals surface area contributed by atoms with Crippen molar-refractivity contribution in [3.8, 4) is 11.1 Å². The normalized spacial score (nSPS) is 17.4. The summed E-state index contributed by atoms with van der Waals surface area (Å²) in [5.74, 6) is 0.0655. The van der Waals surface area contributed by atoms with Gasteiger partial charge in [0.2, 0.25) is 0 Å². The number of aryl methyl sites for hydroxylation is 1. The number of hydrogen-bond acceptors (Lipinski definition) is 8. The first-order chi connectivity index (χ1) is 19.5. The SMILES string of the molecule is CN1CCC(Sc2cc(C(=O)Cc3cc4cc(-c5cnn(C)c5CN5CCOCC5)ccc4cn3)ccn2)CC1. The van der Waals surface area contributed by atoms with Crippen LogP contribution in [0.4, 0.5) is 0 Å². The summed E-state index contributed by atoms with van der Waals surface area (Å²) in [6, 6.07) is 12.2. The molecule has 0 spiro atoms. The summed E-state index contributed by atoms with van der Waals surface area (Å²) in [5, 5.41) is 8.18.